The average Bonchev–Trinajstić information content (AvgIpc) is 2.46. The van der Waals surface area contributed by atoms with Crippen molar-refractivity contribution in [3.63, 3.8) is 0 Å². The van der Waals surface area contributed by atoms with Gasteiger partial charge in [-0.2, -0.15) is 0 Å². The molecule has 0 atom stereocenters. The van der Waals surface area contributed by atoms with E-state index in [4.69, 9.17) is 23.2 Å². The maximum absolute atomic E-state index is 11.0. The van der Waals surface area contributed by atoms with Gasteiger partial charge in [-0.1, -0.05) is 35.3 Å². The SMILES string of the molecule is O=[N+]([O-])c1cccc(Cl)c1CCc1c(Cl)cccc1[N+](=O)[O-]. The largest absolute Gasteiger partial charge is 0.274 e. The number of rotatable bonds is 5. The summed E-state index contributed by atoms with van der Waals surface area (Å²) in [5.74, 6) is 0. The minimum atomic E-state index is -0.526. The molecule has 0 spiro atoms. The molecule has 114 valence electrons. The summed E-state index contributed by atoms with van der Waals surface area (Å²) in [5, 5.41) is 22.6. The Morgan fingerprint density at radius 2 is 1.14 bits per heavy atom. The zero-order valence-corrected chi connectivity index (χ0v) is 12.7. The average molecular weight is 341 g/mol. The quantitative estimate of drug-likeness (QED) is 0.588. The molecule has 0 amide bonds. The van der Waals surface area contributed by atoms with Crippen molar-refractivity contribution in [2.45, 2.75) is 12.8 Å². The van der Waals surface area contributed by atoms with Gasteiger partial charge in [-0.3, -0.25) is 20.2 Å². The molecule has 2 aromatic rings. The fourth-order valence-electron chi connectivity index (χ4n) is 2.18. The van der Waals surface area contributed by atoms with Gasteiger partial charge in [0.1, 0.15) is 0 Å². The van der Waals surface area contributed by atoms with Gasteiger partial charge in [0.25, 0.3) is 11.4 Å². The van der Waals surface area contributed by atoms with Crippen LogP contribution in [0.25, 0.3) is 0 Å². The van der Waals surface area contributed by atoms with E-state index in [-0.39, 0.29) is 34.3 Å². The topological polar surface area (TPSA) is 86.3 Å². The van der Waals surface area contributed by atoms with Gasteiger partial charge in [0, 0.05) is 23.3 Å². The molecule has 0 N–H and O–H groups in total. The van der Waals surface area contributed by atoms with Crippen molar-refractivity contribution in [2.75, 3.05) is 0 Å². The molecular weight excluding hydrogens is 331 g/mol. The zero-order chi connectivity index (χ0) is 16.3. The normalized spacial score (nSPS) is 10.5. The van der Waals surface area contributed by atoms with E-state index in [0.717, 1.165) is 0 Å². The fraction of sp³-hybridized carbons (Fsp3) is 0.143. The van der Waals surface area contributed by atoms with E-state index < -0.39 is 9.85 Å². The molecule has 22 heavy (non-hydrogen) atoms. The predicted molar refractivity (Wildman–Crippen MR) is 83.6 cm³/mol. The first-order valence-electron chi connectivity index (χ1n) is 6.25. The predicted octanol–water partition coefficient (Wildman–Crippen LogP) is 4.60. The highest BCUT2D eigenvalue weighted by Crippen LogP contribution is 2.31. The number of nitrogens with zero attached hydrogens (tertiary/aromatic N) is 2. The van der Waals surface area contributed by atoms with Gasteiger partial charge in [0.05, 0.1) is 19.9 Å². The monoisotopic (exact) mass is 340 g/mol. The van der Waals surface area contributed by atoms with Crippen LogP contribution >= 0.6 is 23.2 Å². The van der Waals surface area contributed by atoms with Crippen LogP contribution in [0.15, 0.2) is 36.4 Å². The minimum absolute atomic E-state index is 0.109. The van der Waals surface area contributed by atoms with Gasteiger partial charge in [-0.05, 0) is 25.0 Å². The van der Waals surface area contributed by atoms with E-state index in [9.17, 15) is 20.2 Å². The highest BCUT2D eigenvalue weighted by molar-refractivity contribution is 6.32. The Morgan fingerprint density at radius 3 is 1.45 bits per heavy atom. The Labute approximate surface area is 135 Å². The summed E-state index contributed by atoms with van der Waals surface area (Å²) in [4.78, 5) is 21.0. The van der Waals surface area contributed by atoms with Gasteiger partial charge >= 0.3 is 0 Å². The smallest absolute Gasteiger partial charge is 0.258 e. The minimum Gasteiger partial charge on any atom is -0.258 e. The van der Waals surface area contributed by atoms with E-state index in [2.05, 4.69) is 0 Å². The second kappa shape index (κ2) is 6.72. The van der Waals surface area contributed by atoms with Gasteiger partial charge in [-0.15, -0.1) is 0 Å². The van der Waals surface area contributed by atoms with Crippen molar-refractivity contribution in [1.29, 1.82) is 0 Å². The van der Waals surface area contributed by atoms with Crippen LogP contribution in [0.3, 0.4) is 0 Å². The van der Waals surface area contributed by atoms with Crippen LogP contribution in [0.5, 0.6) is 0 Å². The third-order valence-electron chi connectivity index (χ3n) is 3.21. The summed E-state index contributed by atoms with van der Waals surface area (Å²) in [6.07, 6.45) is 0.362. The van der Waals surface area contributed by atoms with Gasteiger partial charge in [-0.25, -0.2) is 0 Å². The molecule has 0 fully saturated rings. The van der Waals surface area contributed by atoms with Crippen molar-refractivity contribution in [3.05, 3.63) is 77.8 Å². The second-order valence-corrected chi connectivity index (χ2v) is 5.30. The Bertz CT molecular complexity index is 686. The first-order chi connectivity index (χ1) is 10.4. The maximum Gasteiger partial charge on any atom is 0.274 e. The molecule has 0 saturated carbocycles. The second-order valence-electron chi connectivity index (χ2n) is 4.49. The third kappa shape index (κ3) is 3.35. The van der Waals surface area contributed by atoms with Gasteiger partial charge in [0.2, 0.25) is 0 Å². The number of benzene rings is 2. The van der Waals surface area contributed by atoms with E-state index in [1.807, 2.05) is 0 Å². The van der Waals surface area contributed by atoms with Crippen LogP contribution < -0.4 is 0 Å². The maximum atomic E-state index is 11.0. The van der Waals surface area contributed by atoms with E-state index in [0.29, 0.717) is 11.1 Å². The molecule has 0 unspecified atom stereocenters. The van der Waals surface area contributed by atoms with Crippen molar-refractivity contribution < 1.29 is 9.85 Å². The lowest BCUT2D eigenvalue weighted by molar-refractivity contribution is -0.386. The standard InChI is InChI=1S/C14H10Cl2N2O4/c15-11-3-1-5-13(17(19)20)9(11)7-8-10-12(16)4-2-6-14(10)18(21)22/h1-6H,7-8H2. The third-order valence-corrected chi connectivity index (χ3v) is 3.91. The van der Waals surface area contributed by atoms with E-state index in [1.54, 1.807) is 12.1 Å². The van der Waals surface area contributed by atoms with E-state index in [1.165, 1.54) is 24.3 Å². The molecule has 0 radical (unpaired) electrons. The summed E-state index contributed by atoms with van der Waals surface area (Å²) < 4.78 is 0. The summed E-state index contributed by atoms with van der Waals surface area (Å²) >= 11 is 12.0. The Morgan fingerprint density at radius 1 is 0.773 bits per heavy atom. The van der Waals surface area contributed by atoms with Crippen LogP contribution in [-0.2, 0) is 12.8 Å². The lowest BCUT2D eigenvalue weighted by atomic mass is 10.0. The van der Waals surface area contributed by atoms with E-state index >= 15 is 0 Å². The number of halogens is 2. The molecule has 0 aliphatic rings. The number of nitro groups is 2. The van der Waals surface area contributed by atoms with Crippen molar-refractivity contribution in [2.24, 2.45) is 0 Å². The summed E-state index contributed by atoms with van der Waals surface area (Å²) in [6, 6.07) is 8.77. The molecular formula is C14H10Cl2N2O4. The van der Waals surface area contributed by atoms with Crippen LogP contribution in [0.2, 0.25) is 10.0 Å². The lowest BCUT2D eigenvalue weighted by Gasteiger charge is -2.07. The van der Waals surface area contributed by atoms with Crippen LogP contribution in [-0.4, -0.2) is 9.85 Å². The molecule has 6 nitrogen and oxygen atoms in total. The van der Waals surface area contributed by atoms with Crippen molar-refractivity contribution in [1.82, 2.24) is 0 Å². The van der Waals surface area contributed by atoms with Crippen LogP contribution in [0.4, 0.5) is 11.4 Å². The molecule has 0 heterocycles. The van der Waals surface area contributed by atoms with Gasteiger partial charge in [0.15, 0.2) is 0 Å². The summed E-state index contributed by atoms with van der Waals surface area (Å²) in [5.41, 5.74) is 0.455. The molecule has 2 aromatic carbocycles. The van der Waals surface area contributed by atoms with Gasteiger partial charge < -0.3 is 0 Å². The molecule has 0 bridgehead atoms. The zero-order valence-electron chi connectivity index (χ0n) is 11.2. The molecule has 0 aliphatic heterocycles. The number of hydrogen-bond acceptors (Lipinski definition) is 4. The molecule has 2 rings (SSSR count). The Balaban J connectivity index is 2.36. The lowest BCUT2D eigenvalue weighted by Crippen LogP contribution is -2.02. The highest BCUT2D eigenvalue weighted by Gasteiger charge is 2.20. The highest BCUT2D eigenvalue weighted by atomic mass is 35.5. The van der Waals surface area contributed by atoms with Crippen LogP contribution in [0, 0.1) is 20.2 Å². The van der Waals surface area contributed by atoms with Crippen LogP contribution in [0.1, 0.15) is 11.1 Å². The van der Waals surface area contributed by atoms with Crippen molar-refractivity contribution >= 4 is 34.6 Å². The Hall–Kier alpha value is -2.18. The first-order valence-corrected chi connectivity index (χ1v) is 7.01. The molecule has 0 aliphatic carbocycles. The summed E-state index contributed by atoms with van der Waals surface area (Å²) in [7, 11) is 0. The molecule has 0 aromatic heterocycles. The number of hydrogen-bond donors (Lipinski definition) is 0. The molecule has 8 heteroatoms. The first kappa shape index (κ1) is 16.2. The van der Waals surface area contributed by atoms with Crippen molar-refractivity contribution in [3.8, 4) is 0 Å². The number of nitro benzene ring substituents is 2. The Kier molecular flexibility index (Phi) is 4.95. The fourth-order valence-corrected chi connectivity index (χ4v) is 2.71. The molecule has 0 saturated heterocycles. The summed E-state index contributed by atoms with van der Waals surface area (Å²) in [6.45, 7) is 0.